The van der Waals surface area contributed by atoms with Crippen LogP contribution in [0, 0.1) is 0 Å². The Balaban J connectivity index is 1.24. The Labute approximate surface area is 195 Å². The molecule has 6 rings (SSSR count). The van der Waals surface area contributed by atoms with Gasteiger partial charge >= 0.3 is 0 Å². The maximum Gasteiger partial charge on any atom is 0.160 e. The van der Waals surface area contributed by atoms with Crippen LogP contribution in [0.2, 0.25) is 0 Å². The van der Waals surface area contributed by atoms with Crippen molar-refractivity contribution in [3.05, 3.63) is 41.6 Å². The van der Waals surface area contributed by atoms with E-state index in [1.807, 2.05) is 18.2 Å². The van der Waals surface area contributed by atoms with Crippen molar-refractivity contribution in [1.29, 1.82) is 0 Å². The Morgan fingerprint density at radius 1 is 0.970 bits per heavy atom. The second-order valence-corrected chi connectivity index (χ2v) is 9.94. The molecule has 1 aromatic carbocycles. The fourth-order valence-corrected chi connectivity index (χ4v) is 6.46. The number of hydrogen-bond acceptors (Lipinski definition) is 6. The molecule has 4 heterocycles. The molecule has 1 aliphatic carbocycles. The van der Waals surface area contributed by atoms with E-state index in [1.165, 1.54) is 50.0 Å². The molecule has 174 valence electrons. The third-order valence-corrected chi connectivity index (χ3v) is 8.20. The molecule has 1 atom stereocenters. The van der Waals surface area contributed by atoms with Crippen LogP contribution in [0.3, 0.4) is 0 Å². The van der Waals surface area contributed by atoms with E-state index in [0.29, 0.717) is 12.1 Å². The zero-order chi connectivity index (χ0) is 22.4. The summed E-state index contributed by atoms with van der Waals surface area (Å²) in [7, 11) is 0. The molecular formula is C26H34N6O. The highest BCUT2D eigenvalue weighted by Gasteiger charge is 2.35. The van der Waals surface area contributed by atoms with Gasteiger partial charge in [0.05, 0.1) is 5.69 Å². The van der Waals surface area contributed by atoms with Crippen molar-refractivity contribution < 1.29 is 5.11 Å². The van der Waals surface area contributed by atoms with E-state index in [1.54, 1.807) is 6.07 Å². The van der Waals surface area contributed by atoms with Crippen LogP contribution in [0.15, 0.2) is 30.3 Å². The number of aromatic hydroxyl groups is 1. The number of aromatic nitrogens is 3. The number of hydrogen-bond donors (Lipinski definition) is 3. The predicted molar refractivity (Wildman–Crippen MR) is 130 cm³/mol. The van der Waals surface area contributed by atoms with Gasteiger partial charge < -0.3 is 15.4 Å². The van der Waals surface area contributed by atoms with Crippen molar-refractivity contribution in [3.8, 4) is 17.0 Å². The molecule has 0 amide bonds. The van der Waals surface area contributed by atoms with Crippen molar-refractivity contribution in [2.45, 2.75) is 57.2 Å². The Morgan fingerprint density at radius 2 is 1.73 bits per heavy atom. The lowest BCUT2D eigenvalue weighted by Gasteiger charge is -2.45. The standard InChI is InChI=1S/C26H34N6O/c1-17-25-21-16-23(20-4-2-3-5-24(20)33)29-30-26(21)28-22(25)10-13-32(17)19-8-6-18(7-9-19)31-14-11-27-12-15-31/h2-5,16-19,27,33H,6-15H2,1H3,(H,28,30)/t17-,18-,19-/m1/s1. The second-order valence-electron chi connectivity index (χ2n) is 9.94. The number of para-hydroxylation sites is 1. The van der Waals surface area contributed by atoms with E-state index in [4.69, 9.17) is 0 Å². The van der Waals surface area contributed by atoms with Crippen LogP contribution in [0.4, 0.5) is 0 Å². The molecule has 0 radical (unpaired) electrons. The van der Waals surface area contributed by atoms with E-state index >= 15 is 0 Å². The second kappa shape index (κ2) is 8.70. The van der Waals surface area contributed by atoms with Gasteiger partial charge in [0.2, 0.25) is 0 Å². The van der Waals surface area contributed by atoms with Crippen LogP contribution in [0.1, 0.15) is 49.9 Å². The van der Waals surface area contributed by atoms with Gasteiger partial charge in [-0.1, -0.05) is 12.1 Å². The van der Waals surface area contributed by atoms with Crippen LogP contribution in [0.5, 0.6) is 5.75 Å². The highest BCUT2D eigenvalue weighted by atomic mass is 16.3. The monoisotopic (exact) mass is 446 g/mol. The molecule has 3 aliphatic rings. The Hall–Kier alpha value is -2.48. The Kier molecular flexibility index (Phi) is 5.56. The molecule has 2 aliphatic heterocycles. The number of piperazine rings is 1. The summed E-state index contributed by atoms with van der Waals surface area (Å²) in [6, 6.07) is 11.2. The maximum atomic E-state index is 10.3. The number of aromatic amines is 1. The largest absolute Gasteiger partial charge is 0.507 e. The minimum absolute atomic E-state index is 0.242. The van der Waals surface area contributed by atoms with E-state index < -0.39 is 0 Å². The highest BCUT2D eigenvalue weighted by molar-refractivity contribution is 5.86. The number of H-pyrrole nitrogens is 1. The summed E-state index contributed by atoms with van der Waals surface area (Å²) in [5, 5.41) is 23.8. The van der Waals surface area contributed by atoms with Crippen molar-refractivity contribution in [2.75, 3.05) is 32.7 Å². The molecule has 2 aromatic heterocycles. The van der Waals surface area contributed by atoms with Crippen LogP contribution >= 0.6 is 0 Å². The smallest absolute Gasteiger partial charge is 0.160 e. The quantitative estimate of drug-likeness (QED) is 0.572. The van der Waals surface area contributed by atoms with Gasteiger partial charge in [0.25, 0.3) is 0 Å². The average molecular weight is 447 g/mol. The molecule has 0 bridgehead atoms. The average Bonchev–Trinajstić information content (AvgIpc) is 3.24. The number of benzene rings is 1. The van der Waals surface area contributed by atoms with Gasteiger partial charge in [-0.3, -0.25) is 9.80 Å². The number of nitrogens with one attached hydrogen (secondary N) is 2. The molecule has 1 saturated heterocycles. The topological polar surface area (TPSA) is 80.3 Å². The van der Waals surface area contributed by atoms with E-state index in [-0.39, 0.29) is 5.75 Å². The Morgan fingerprint density at radius 3 is 2.52 bits per heavy atom. The lowest BCUT2D eigenvalue weighted by Crippen LogP contribution is -2.51. The summed E-state index contributed by atoms with van der Waals surface area (Å²) in [5.74, 6) is 0.242. The van der Waals surface area contributed by atoms with Gasteiger partial charge in [-0.05, 0) is 56.4 Å². The van der Waals surface area contributed by atoms with Crippen molar-refractivity contribution in [2.24, 2.45) is 0 Å². The first-order valence-electron chi connectivity index (χ1n) is 12.6. The number of rotatable bonds is 3. The summed E-state index contributed by atoms with van der Waals surface area (Å²) >= 11 is 0. The van der Waals surface area contributed by atoms with Crippen molar-refractivity contribution in [1.82, 2.24) is 30.3 Å². The van der Waals surface area contributed by atoms with Gasteiger partial charge in [0.1, 0.15) is 5.75 Å². The fraction of sp³-hybridized carbons (Fsp3) is 0.538. The minimum atomic E-state index is 0.242. The normalized spacial score (nSPS) is 27.0. The van der Waals surface area contributed by atoms with Crippen LogP contribution in [-0.2, 0) is 6.42 Å². The van der Waals surface area contributed by atoms with Crippen LogP contribution in [-0.4, -0.2) is 74.9 Å². The molecule has 7 heteroatoms. The lowest BCUT2D eigenvalue weighted by atomic mass is 9.86. The predicted octanol–water partition coefficient (Wildman–Crippen LogP) is 3.47. The number of phenols is 1. The maximum absolute atomic E-state index is 10.3. The molecule has 2 fully saturated rings. The summed E-state index contributed by atoms with van der Waals surface area (Å²) in [4.78, 5) is 8.99. The lowest BCUT2D eigenvalue weighted by molar-refractivity contribution is 0.0634. The van der Waals surface area contributed by atoms with E-state index in [9.17, 15) is 5.11 Å². The van der Waals surface area contributed by atoms with Crippen LogP contribution in [0.25, 0.3) is 22.3 Å². The third kappa shape index (κ3) is 3.82. The van der Waals surface area contributed by atoms with E-state index in [2.05, 4.69) is 43.3 Å². The van der Waals surface area contributed by atoms with Gasteiger partial charge in [0.15, 0.2) is 5.65 Å². The highest BCUT2D eigenvalue weighted by Crippen LogP contribution is 2.40. The molecule has 33 heavy (non-hydrogen) atoms. The number of fused-ring (bicyclic) bond motifs is 3. The third-order valence-electron chi connectivity index (χ3n) is 8.20. The molecule has 7 nitrogen and oxygen atoms in total. The summed E-state index contributed by atoms with van der Waals surface area (Å²) in [6.45, 7) is 8.14. The van der Waals surface area contributed by atoms with Crippen molar-refractivity contribution in [3.63, 3.8) is 0 Å². The van der Waals surface area contributed by atoms with Gasteiger partial charge in [-0.25, -0.2) is 0 Å². The zero-order valence-corrected chi connectivity index (χ0v) is 19.4. The van der Waals surface area contributed by atoms with E-state index in [0.717, 1.165) is 54.4 Å². The SMILES string of the molecule is C[C@@H]1c2c([nH]c3nnc(-c4ccccc4O)cc23)CCN1[C@H]1CC[C@H](N2CCNCC2)CC1. The first-order chi connectivity index (χ1) is 16.2. The Bertz CT molecular complexity index is 1130. The number of phenolic OH excluding ortho intramolecular Hbond substituents is 1. The first-order valence-corrected chi connectivity index (χ1v) is 12.6. The first kappa shape index (κ1) is 21.1. The zero-order valence-electron chi connectivity index (χ0n) is 19.4. The van der Waals surface area contributed by atoms with Gasteiger partial charge in [0, 0.05) is 73.9 Å². The fourth-order valence-electron chi connectivity index (χ4n) is 6.46. The molecule has 0 unspecified atom stereocenters. The molecular weight excluding hydrogens is 412 g/mol. The van der Waals surface area contributed by atoms with Gasteiger partial charge in [-0.2, -0.15) is 0 Å². The minimum Gasteiger partial charge on any atom is -0.507 e. The summed E-state index contributed by atoms with van der Waals surface area (Å²) in [6.07, 6.45) is 6.24. The number of nitrogens with zero attached hydrogens (tertiary/aromatic N) is 4. The molecule has 3 N–H and O–H groups in total. The summed E-state index contributed by atoms with van der Waals surface area (Å²) < 4.78 is 0. The molecule has 0 spiro atoms. The molecule has 1 saturated carbocycles. The molecule has 3 aromatic rings. The summed E-state index contributed by atoms with van der Waals surface area (Å²) in [5.41, 5.74) is 4.98. The van der Waals surface area contributed by atoms with Crippen LogP contribution < -0.4 is 5.32 Å². The van der Waals surface area contributed by atoms with Gasteiger partial charge in [-0.15, -0.1) is 10.2 Å². The van der Waals surface area contributed by atoms with Crippen molar-refractivity contribution >= 4 is 11.0 Å².